The van der Waals surface area contributed by atoms with Crippen molar-refractivity contribution in [1.82, 2.24) is 24.3 Å². The Bertz CT molecular complexity index is 1340. The summed E-state index contributed by atoms with van der Waals surface area (Å²) >= 11 is 1.25. The van der Waals surface area contributed by atoms with Gasteiger partial charge in [-0.05, 0) is 18.6 Å². The number of aromatic carboxylic acids is 1. The van der Waals surface area contributed by atoms with Gasteiger partial charge in [0, 0.05) is 37.1 Å². The highest BCUT2D eigenvalue weighted by Crippen LogP contribution is 2.30. The number of fused-ring (bicyclic) bond motifs is 1. The maximum absolute atomic E-state index is 14.9. The van der Waals surface area contributed by atoms with E-state index in [1.165, 1.54) is 22.1 Å². The van der Waals surface area contributed by atoms with Gasteiger partial charge in [0.2, 0.25) is 5.43 Å². The molecular weight excluding hydrogens is 411 g/mol. The van der Waals surface area contributed by atoms with E-state index < -0.39 is 22.8 Å². The molecule has 0 amide bonds. The predicted molar refractivity (Wildman–Crippen MR) is 108 cm³/mol. The third kappa shape index (κ3) is 2.86. The minimum absolute atomic E-state index is 0.103. The smallest absolute Gasteiger partial charge is 0.341 e. The second kappa shape index (κ2) is 6.73. The molecule has 11 heteroatoms. The molecule has 5 heterocycles. The Hall–Kier alpha value is -3.60. The summed E-state index contributed by atoms with van der Waals surface area (Å²) in [7, 11) is 0. The van der Waals surface area contributed by atoms with Crippen LogP contribution in [-0.2, 0) is 0 Å². The molecule has 1 aliphatic heterocycles. The van der Waals surface area contributed by atoms with Crippen LogP contribution in [0.3, 0.4) is 0 Å². The summed E-state index contributed by atoms with van der Waals surface area (Å²) in [6.45, 7) is 2.99. The van der Waals surface area contributed by atoms with E-state index in [0.29, 0.717) is 18.2 Å². The summed E-state index contributed by atoms with van der Waals surface area (Å²) < 4.78 is 18.1. The predicted octanol–water partition coefficient (Wildman–Crippen LogP) is 2.25. The number of aromatic nitrogens is 5. The van der Waals surface area contributed by atoms with Crippen molar-refractivity contribution in [3.05, 3.63) is 63.4 Å². The van der Waals surface area contributed by atoms with Crippen molar-refractivity contribution in [2.45, 2.75) is 13.0 Å². The summed E-state index contributed by atoms with van der Waals surface area (Å²) in [6.07, 6.45) is 6.44. The average Bonchev–Trinajstić information content (AvgIpc) is 3.34. The molecule has 0 radical (unpaired) electrons. The molecule has 0 unspecified atom stereocenters. The lowest BCUT2D eigenvalue weighted by Gasteiger charge is -2.40. The van der Waals surface area contributed by atoms with E-state index in [1.54, 1.807) is 22.7 Å². The quantitative estimate of drug-likeness (QED) is 0.533. The van der Waals surface area contributed by atoms with Gasteiger partial charge in [0.15, 0.2) is 22.4 Å². The van der Waals surface area contributed by atoms with Crippen molar-refractivity contribution in [2.24, 2.45) is 0 Å². The van der Waals surface area contributed by atoms with Gasteiger partial charge in [0.05, 0.1) is 17.6 Å². The fourth-order valence-electron chi connectivity index (χ4n) is 3.50. The number of nitrogens with zero attached hydrogens (tertiary/aromatic N) is 6. The number of carboxylic acid groups (broad SMARTS) is 1. The lowest BCUT2D eigenvalue weighted by molar-refractivity contribution is 0.0695. The number of anilines is 1. The van der Waals surface area contributed by atoms with Gasteiger partial charge in [-0.25, -0.2) is 19.2 Å². The van der Waals surface area contributed by atoms with Gasteiger partial charge in [-0.3, -0.25) is 14.0 Å². The summed E-state index contributed by atoms with van der Waals surface area (Å²) in [5.74, 6) is -1.96. The van der Waals surface area contributed by atoms with Gasteiger partial charge < -0.3 is 10.0 Å². The molecule has 4 aromatic heterocycles. The average molecular weight is 426 g/mol. The van der Waals surface area contributed by atoms with Crippen LogP contribution in [0.2, 0.25) is 0 Å². The maximum Gasteiger partial charge on any atom is 0.341 e. The molecule has 1 fully saturated rings. The van der Waals surface area contributed by atoms with Crippen LogP contribution >= 0.6 is 11.3 Å². The highest BCUT2D eigenvalue weighted by Gasteiger charge is 2.32. The van der Waals surface area contributed by atoms with E-state index in [-0.39, 0.29) is 22.9 Å². The van der Waals surface area contributed by atoms with E-state index in [1.807, 2.05) is 17.8 Å². The first-order valence-corrected chi connectivity index (χ1v) is 9.95. The van der Waals surface area contributed by atoms with Gasteiger partial charge >= 0.3 is 5.97 Å². The first kappa shape index (κ1) is 18.4. The van der Waals surface area contributed by atoms with E-state index in [4.69, 9.17) is 0 Å². The molecule has 9 nitrogen and oxygen atoms in total. The molecule has 1 saturated heterocycles. The zero-order valence-corrected chi connectivity index (χ0v) is 16.5. The Morgan fingerprint density at radius 2 is 2.13 bits per heavy atom. The number of carboxylic acids is 1. The molecule has 0 bridgehead atoms. The molecule has 0 aromatic carbocycles. The highest BCUT2D eigenvalue weighted by molar-refractivity contribution is 7.12. The SMILES string of the molecule is Cc1cnn(C2CN(c3nc4c(cc3F)c(=O)c(C(=O)O)cn4-c3nccs3)C2)c1. The third-order valence-electron chi connectivity index (χ3n) is 5.04. The van der Waals surface area contributed by atoms with Crippen LogP contribution in [0.15, 0.2) is 41.0 Å². The zero-order chi connectivity index (χ0) is 21.0. The normalized spacial score (nSPS) is 14.3. The topological polar surface area (TPSA) is 106 Å². The van der Waals surface area contributed by atoms with Crippen LogP contribution < -0.4 is 10.3 Å². The van der Waals surface area contributed by atoms with Crippen LogP contribution in [-0.4, -0.2) is 48.5 Å². The second-order valence-corrected chi connectivity index (χ2v) is 7.96. The van der Waals surface area contributed by atoms with Gasteiger partial charge in [0.25, 0.3) is 0 Å². The molecule has 30 heavy (non-hydrogen) atoms. The lowest BCUT2D eigenvalue weighted by Crippen LogP contribution is -2.48. The molecular formula is C19H15FN6O3S. The third-order valence-corrected chi connectivity index (χ3v) is 5.81. The fraction of sp³-hybridized carbons (Fsp3) is 0.211. The minimum Gasteiger partial charge on any atom is -0.477 e. The number of thiazole rings is 1. The number of pyridine rings is 2. The molecule has 1 N–H and O–H groups in total. The summed E-state index contributed by atoms with van der Waals surface area (Å²) in [5.41, 5.74) is -0.0404. The van der Waals surface area contributed by atoms with Crippen LogP contribution in [0.4, 0.5) is 10.2 Å². The van der Waals surface area contributed by atoms with E-state index in [9.17, 15) is 19.1 Å². The maximum atomic E-state index is 14.9. The molecule has 152 valence electrons. The minimum atomic E-state index is -1.39. The Morgan fingerprint density at radius 1 is 1.33 bits per heavy atom. The Balaban J connectivity index is 1.61. The van der Waals surface area contributed by atoms with Gasteiger partial charge in [-0.1, -0.05) is 0 Å². The van der Waals surface area contributed by atoms with Crippen molar-refractivity contribution in [3.8, 4) is 5.13 Å². The lowest BCUT2D eigenvalue weighted by atomic mass is 10.1. The first-order chi connectivity index (χ1) is 14.4. The largest absolute Gasteiger partial charge is 0.477 e. The van der Waals surface area contributed by atoms with Crippen molar-refractivity contribution in [1.29, 1.82) is 0 Å². The molecule has 5 rings (SSSR count). The van der Waals surface area contributed by atoms with E-state index >= 15 is 0 Å². The van der Waals surface area contributed by atoms with Crippen LogP contribution in [0.5, 0.6) is 0 Å². The molecule has 0 spiro atoms. The highest BCUT2D eigenvalue weighted by atomic mass is 32.1. The molecule has 0 atom stereocenters. The fourth-order valence-corrected chi connectivity index (χ4v) is 4.12. The standard InChI is InChI=1S/C19H15FN6O3S/c1-10-5-22-26(6-10)11-7-24(8-11)17-14(20)4-12-15(27)13(18(28)29)9-25(16(12)23-17)19-21-2-3-30-19/h2-6,9,11H,7-8H2,1H3,(H,28,29). The summed E-state index contributed by atoms with van der Waals surface area (Å²) in [5, 5.41) is 15.7. The van der Waals surface area contributed by atoms with E-state index in [0.717, 1.165) is 11.6 Å². The number of hydrogen-bond donors (Lipinski definition) is 1. The van der Waals surface area contributed by atoms with E-state index in [2.05, 4.69) is 15.1 Å². The number of hydrogen-bond acceptors (Lipinski definition) is 7. The van der Waals surface area contributed by atoms with Gasteiger partial charge in [-0.2, -0.15) is 5.10 Å². The second-order valence-electron chi connectivity index (χ2n) is 7.08. The van der Waals surface area contributed by atoms with Crippen LogP contribution in [0.25, 0.3) is 16.2 Å². The van der Waals surface area contributed by atoms with Gasteiger partial charge in [0.1, 0.15) is 5.56 Å². The molecule has 4 aromatic rings. The number of halogens is 1. The molecule has 0 aliphatic carbocycles. The van der Waals surface area contributed by atoms with Crippen LogP contribution in [0, 0.1) is 12.7 Å². The Morgan fingerprint density at radius 3 is 2.77 bits per heavy atom. The number of carbonyl (C=O) groups is 1. The number of rotatable bonds is 4. The van der Waals surface area contributed by atoms with Crippen molar-refractivity contribution >= 4 is 34.2 Å². The zero-order valence-electron chi connectivity index (χ0n) is 15.7. The van der Waals surface area contributed by atoms with Crippen molar-refractivity contribution in [3.63, 3.8) is 0 Å². The Labute approximate surface area is 172 Å². The number of aryl methyl sites for hydroxylation is 1. The monoisotopic (exact) mass is 426 g/mol. The first-order valence-electron chi connectivity index (χ1n) is 9.07. The summed E-state index contributed by atoms with van der Waals surface area (Å²) in [4.78, 5) is 34.5. The molecule has 1 aliphatic rings. The summed E-state index contributed by atoms with van der Waals surface area (Å²) in [6, 6.07) is 1.16. The van der Waals surface area contributed by atoms with Crippen LogP contribution in [0.1, 0.15) is 22.0 Å². The molecule has 0 saturated carbocycles. The Kier molecular flexibility index (Phi) is 4.13. The van der Waals surface area contributed by atoms with Crippen molar-refractivity contribution in [2.75, 3.05) is 18.0 Å². The van der Waals surface area contributed by atoms with Crippen molar-refractivity contribution < 1.29 is 14.3 Å². The van der Waals surface area contributed by atoms with Gasteiger partial charge in [-0.15, -0.1) is 11.3 Å².